The van der Waals surface area contributed by atoms with Crippen LogP contribution in [-0.2, 0) is 21.9 Å². The van der Waals surface area contributed by atoms with Gasteiger partial charge in [0.2, 0.25) is 10.0 Å². The van der Waals surface area contributed by atoms with Crippen LogP contribution in [-0.4, -0.2) is 54.9 Å². The molecule has 25 heavy (non-hydrogen) atoms. The van der Waals surface area contributed by atoms with Gasteiger partial charge in [-0.3, -0.25) is 9.59 Å². The van der Waals surface area contributed by atoms with Gasteiger partial charge in [-0.1, -0.05) is 19.3 Å². The van der Waals surface area contributed by atoms with Crippen LogP contribution in [0.2, 0.25) is 0 Å². The van der Waals surface area contributed by atoms with Crippen LogP contribution in [0.5, 0.6) is 0 Å². The Morgan fingerprint density at radius 3 is 2.40 bits per heavy atom. The van der Waals surface area contributed by atoms with E-state index in [-0.39, 0.29) is 17.1 Å². The summed E-state index contributed by atoms with van der Waals surface area (Å²) >= 11 is 0. The molecule has 1 aromatic heterocycles. The van der Waals surface area contributed by atoms with Crippen molar-refractivity contribution >= 4 is 21.9 Å². The molecular weight excluding hydrogens is 346 g/mol. The van der Waals surface area contributed by atoms with E-state index in [0.29, 0.717) is 12.8 Å². The number of carboxylic acids is 1. The predicted molar refractivity (Wildman–Crippen MR) is 91.8 cm³/mol. The highest BCUT2D eigenvalue weighted by Gasteiger charge is 2.40. The van der Waals surface area contributed by atoms with Crippen molar-refractivity contribution in [2.75, 3.05) is 20.6 Å². The largest absolute Gasteiger partial charge is 0.481 e. The lowest BCUT2D eigenvalue weighted by molar-refractivity contribution is -0.150. The fraction of sp³-hybridized carbons (Fsp3) is 0.625. The van der Waals surface area contributed by atoms with E-state index in [4.69, 9.17) is 0 Å². The van der Waals surface area contributed by atoms with E-state index in [9.17, 15) is 23.1 Å². The highest BCUT2D eigenvalue weighted by molar-refractivity contribution is 7.89. The number of amides is 1. The fourth-order valence-electron chi connectivity index (χ4n) is 3.15. The second kappa shape index (κ2) is 7.17. The van der Waals surface area contributed by atoms with E-state index in [1.54, 1.807) is 7.05 Å². The highest BCUT2D eigenvalue weighted by atomic mass is 32.2. The summed E-state index contributed by atoms with van der Waals surface area (Å²) in [7, 11) is 0.783. The second-order valence-corrected chi connectivity index (χ2v) is 8.94. The smallest absolute Gasteiger partial charge is 0.311 e. The number of carbonyl (C=O) groups is 2. The zero-order valence-corrected chi connectivity index (χ0v) is 15.6. The molecule has 9 heteroatoms. The number of aryl methyl sites for hydroxylation is 1. The van der Waals surface area contributed by atoms with Crippen LogP contribution >= 0.6 is 0 Å². The molecule has 0 unspecified atom stereocenters. The number of carboxylic acid groups (broad SMARTS) is 1. The van der Waals surface area contributed by atoms with Crippen LogP contribution in [0.4, 0.5) is 0 Å². The predicted octanol–water partition coefficient (Wildman–Crippen LogP) is 1.04. The number of rotatable bonds is 6. The van der Waals surface area contributed by atoms with Crippen molar-refractivity contribution in [1.82, 2.24) is 14.2 Å². The van der Waals surface area contributed by atoms with Gasteiger partial charge in [-0.25, -0.2) is 12.7 Å². The lowest BCUT2D eigenvalue weighted by Crippen LogP contribution is -2.44. The molecule has 140 valence electrons. The number of hydrogen-bond acceptors (Lipinski definition) is 4. The van der Waals surface area contributed by atoms with Gasteiger partial charge in [0.25, 0.3) is 5.91 Å². The average molecular weight is 371 g/mol. The van der Waals surface area contributed by atoms with Gasteiger partial charge < -0.3 is 15.0 Å². The Balaban J connectivity index is 2.16. The van der Waals surface area contributed by atoms with Crippen molar-refractivity contribution in [3.8, 4) is 0 Å². The molecule has 0 radical (unpaired) electrons. The summed E-state index contributed by atoms with van der Waals surface area (Å²) < 4.78 is 26.8. The number of aromatic nitrogens is 1. The lowest BCUT2D eigenvalue weighted by Gasteiger charge is -2.33. The van der Waals surface area contributed by atoms with Gasteiger partial charge in [-0.2, -0.15) is 0 Å². The van der Waals surface area contributed by atoms with E-state index < -0.39 is 27.3 Å². The molecule has 0 aliphatic heterocycles. The molecule has 0 atom stereocenters. The number of aliphatic carboxylic acids is 1. The third-order valence-corrected chi connectivity index (χ3v) is 6.62. The molecule has 1 aliphatic carbocycles. The number of sulfonamides is 1. The maximum Gasteiger partial charge on any atom is 0.311 e. The molecule has 2 rings (SSSR count). The number of nitrogens with one attached hydrogen (secondary N) is 1. The first-order valence-corrected chi connectivity index (χ1v) is 9.65. The molecule has 1 amide bonds. The van der Waals surface area contributed by atoms with Gasteiger partial charge in [-0.05, 0) is 18.9 Å². The van der Waals surface area contributed by atoms with Crippen molar-refractivity contribution in [2.24, 2.45) is 12.5 Å². The standard InChI is InChI=1S/C16H25N3O5S/c1-18(2)25(23,24)12-9-13(19(3)10-12)14(20)17-11-16(15(21)22)7-5-4-6-8-16/h9-10H,4-8,11H2,1-3H3,(H,17,20)(H,21,22). The molecule has 1 aromatic rings. The SMILES string of the molecule is CN(C)S(=O)(=O)c1cc(C(=O)NCC2(C(=O)O)CCCCC2)n(C)c1. The molecule has 1 saturated carbocycles. The quantitative estimate of drug-likeness (QED) is 0.777. The number of carbonyl (C=O) groups excluding carboxylic acids is 1. The molecule has 0 bridgehead atoms. The number of nitrogens with zero attached hydrogens (tertiary/aromatic N) is 2. The van der Waals surface area contributed by atoms with E-state index >= 15 is 0 Å². The highest BCUT2D eigenvalue weighted by Crippen LogP contribution is 2.36. The van der Waals surface area contributed by atoms with Crippen LogP contribution in [0.25, 0.3) is 0 Å². The molecule has 0 aromatic carbocycles. The summed E-state index contributed by atoms with van der Waals surface area (Å²) in [6.45, 7) is 0.0438. The second-order valence-electron chi connectivity index (χ2n) is 6.79. The van der Waals surface area contributed by atoms with Crippen LogP contribution in [0.15, 0.2) is 17.2 Å². The molecule has 0 saturated heterocycles. The summed E-state index contributed by atoms with van der Waals surface area (Å²) in [5.41, 5.74) is -0.755. The summed E-state index contributed by atoms with van der Waals surface area (Å²) in [6.07, 6.45) is 5.12. The van der Waals surface area contributed by atoms with Crippen molar-refractivity contribution < 1.29 is 23.1 Å². The molecule has 1 fully saturated rings. The van der Waals surface area contributed by atoms with Crippen LogP contribution < -0.4 is 5.32 Å². The van der Waals surface area contributed by atoms with Crippen molar-refractivity contribution in [2.45, 2.75) is 37.0 Å². The first-order chi connectivity index (χ1) is 11.6. The molecule has 2 N–H and O–H groups in total. The first kappa shape index (κ1) is 19.5. The van der Waals surface area contributed by atoms with Crippen LogP contribution in [0.1, 0.15) is 42.6 Å². The normalized spacial score (nSPS) is 17.4. The van der Waals surface area contributed by atoms with Gasteiger partial charge in [-0.15, -0.1) is 0 Å². The zero-order valence-electron chi connectivity index (χ0n) is 14.8. The summed E-state index contributed by atoms with van der Waals surface area (Å²) in [5, 5.41) is 12.2. The summed E-state index contributed by atoms with van der Waals surface area (Å²) in [6, 6.07) is 1.30. The van der Waals surface area contributed by atoms with Gasteiger partial charge in [0.1, 0.15) is 10.6 Å². The third-order valence-electron chi connectivity index (χ3n) is 4.84. The zero-order chi connectivity index (χ0) is 18.8. The minimum Gasteiger partial charge on any atom is -0.481 e. The Bertz CT molecular complexity index is 761. The topological polar surface area (TPSA) is 109 Å². The summed E-state index contributed by atoms with van der Waals surface area (Å²) in [5.74, 6) is -1.37. The third kappa shape index (κ3) is 3.87. The van der Waals surface area contributed by atoms with Crippen molar-refractivity contribution in [1.29, 1.82) is 0 Å². The molecule has 0 spiro atoms. The molecular formula is C16H25N3O5S. The Morgan fingerprint density at radius 2 is 1.88 bits per heavy atom. The summed E-state index contributed by atoms with van der Waals surface area (Å²) in [4.78, 5) is 24.1. The first-order valence-electron chi connectivity index (χ1n) is 8.21. The Labute approximate surface area is 147 Å². The van der Waals surface area contributed by atoms with Gasteiger partial charge in [0.15, 0.2) is 0 Å². The maximum absolute atomic E-state index is 12.4. The van der Waals surface area contributed by atoms with Crippen LogP contribution in [0, 0.1) is 5.41 Å². The Kier molecular flexibility index (Phi) is 5.58. The van der Waals surface area contributed by atoms with E-state index in [0.717, 1.165) is 23.6 Å². The minimum atomic E-state index is -3.63. The Hall–Kier alpha value is -1.87. The van der Waals surface area contributed by atoms with E-state index in [1.807, 2.05) is 0 Å². The molecule has 8 nitrogen and oxygen atoms in total. The fourth-order valence-corrected chi connectivity index (χ4v) is 4.12. The van der Waals surface area contributed by atoms with E-state index in [2.05, 4.69) is 5.32 Å². The average Bonchev–Trinajstić information content (AvgIpc) is 2.96. The van der Waals surface area contributed by atoms with Gasteiger partial charge in [0.05, 0.1) is 5.41 Å². The molecule has 1 aliphatic rings. The van der Waals surface area contributed by atoms with E-state index in [1.165, 1.54) is 30.9 Å². The van der Waals surface area contributed by atoms with Gasteiger partial charge in [0, 0.05) is 33.9 Å². The van der Waals surface area contributed by atoms with Crippen molar-refractivity contribution in [3.05, 3.63) is 18.0 Å². The number of hydrogen-bond donors (Lipinski definition) is 2. The van der Waals surface area contributed by atoms with Crippen LogP contribution in [0.3, 0.4) is 0 Å². The maximum atomic E-state index is 12.4. The monoisotopic (exact) mass is 371 g/mol. The van der Waals surface area contributed by atoms with Gasteiger partial charge >= 0.3 is 5.97 Å². The molecule has 1 heterocycles. The minimum absolute atomic E-state index is 0.0239. The Morgan fingerprint density at radius 1 is 1.28 bits per heavy atom. The van der Waals surface area contributed by atoms with Crippen molar-refractivity contribution in [3.63, 3.8) is 0 Å². The lowest BCUT2D eigenvalue weighted by atomic mass is 9.74.